The van der Waals surface area contributed by atoms with Gasteiger partial charge in [0.2, 0.25) is 0 Å². The summed E-state index contributed by atoms with van der Waals surface area (Å²) in [5.41, 5.74) is 1.24. The van der Waals surface area contributed by atoms with Gasteiger partial charge in [0.15, 0.2) is 0 Å². The number of nitriles is 1. The smallest absolute Gasteiger partial charge is 0.251 e. The van der Waals surface area contributed by atoms with E-state index in [4.69, 9.17) is 10.00 Å². The van der Waals surface area contributed by atoms with E-state index in [-0.39, 0.29) is 11.9 Å². The van der Waals surface area contributed by atoms with E-state index in [0.29, 0.717) is 34.6 Å². The molecule has 3 aliphatic heterocycles. The zero-order chi connectivity index (χ0) is 18.8. The fourth-order valence-electron chi connectivity index (χ4n) is 4.19. The van der Waals surface area contributed by atoms with Crippen molar-refractivity contribution in [1.29, 1.82) is 5.26 Å². The molecular formula is C22H23N3O2. The van der Waals surface area contributed by atoms with Crippen LogP contribution in [0.5, 0.6) is 11.5 Å². The molecular weight excluding hydrogens is 338 g/mol. The highest BCUT2D eigenvalue weighted by Gasteiger charge is 2.40. The van der Waals surface area contributed by atoms with Crippen LogP contribution >= 0.6 is 0 Å². The molecule has 3 aliphatic rings. The van der Waals surface area contributed by atoms with E-state index in [0.717, 1.165) is 13.1 Å². The fourth-order valence-corrected chi connectivity index (χ4v) is 4.19. The number of piperidine rings is 3. The Hall–Kier alpha value is -2.84. The summed E-state index contributed by atoms with van der Waals surface area (Å²) in [7, 11) is 0. The molecule has 0 saturated carbocycles. The minimum atomic E-state index is -0.0227. The number of nitrogens with one attached hydrogen (secondary N) is 1. The van der Waals surface area contributed by atoms with Gasteiger partial charge in [-0.3, -0.25) is 9.69 Å². The monoisotopic (exact) mass is 361 g/mol. The Morgan fingerprint density at radius 3 is 2.22 bits per heavy atom. The van der Waals surface area contributed by atoms with Gasteiger partial charge in [-0.15, -0.1) is 0 Å². The molecule has 0 aromatic heterocycles. The zero-order valence-corrected chi connectivity index (χ0v) is 15.4. The van der Waals surface area contributed by atoms with Gasteiger partial charge in [0, 0.05) is 17.6 Å². The third-order valence-corrected chi connectivity index (χ3v) is 5.81. The van der Waals surface area contributed by atoms with Gasteiger partial charge in [-0.05, 0) is 87.3 Å². The predicted molar refractivity (Wildman–Crippen MR) is 103 cm³/mol. The van der Waals surface area contributed by atoms with Crippen LogP contribution in [-0.2, 0) is 0 Å². The number of nitrogens with zero attached hydrogens (tertiary/aromatic N) is 2. The molecule has 1 unspecified atom stereocenters. The van der Waals surface area contributed by atoms with E-state index in [1.807, 2.05) is 0 Å². The van der Waals surface area contributed by atoms with Gasteiger partial charge in [-0.1, -0.05) is 0 Å². The van der Waals surface area contributed by atoms with Gasteiger partial charge in [0.1, 0.15) is 11.5 Å². The molecule has 0 aliphatic carbocycles. The number of hydrogen-bond acceptors (Lipinski definition) is 4. The van der Waals surface area contributed by atoms with Crippen molar-refractivity contribution in [1.82, 2.24) is 10.2 Å². The normalized spacial score (nSPS) is 26.2. The van der Waals surface area contributed by atoms with E-state index < -0.39 is 0 Å². The maximum absolute atomic E-state index is 12.7. The molecule has 5 heteroatoms. The molecule has 3 heterocycles. The van der Waals surface area contributed by atoms with Crippen molar-refractivity contribution in [3.8, 4) is 17.6 Å². The molecule has 0 spiro atoms. The maximum Gasteiger partial charge on any atom is 0.251 e. The first-order valence-electron chi connectivity index (χ1n) is 9.47. The predicted octanol–water partition coefficient (Wildman–Crippen LogP) is 3.56. The van der Waals surface area contributed by atoms with Crippen molar-refractivity contribution in [3.05, 3.63) is 59.7 Å². The summed E-state index contributed by atoms with van der Waals surface area (Å²) in [6, 6.07) is 16.8. The lowest BCUT2D eigenvalue weighted by molar-refractivity contribution is 0.0217. The Morgan fingerprint density at radius 2 is 1.67 bits per heavy atom. The molecule has 5 nitrogen and oxygen atoms in total. The van der Waals surface area contributed by atoms with E-state index >= 15 is 0 Å². The molecule has 0 radical (unpaired) electrons. The van der Waals surface area contributed by atoms with Crippen molar-refractivity contribution in [3.63, 3.8) is 0 Å². The van der Waals surface area contributed by atoms with E-state index in [1.54, 1.807) is 48.5 Å². The number of rotatable bonds is 4. The van der Waals surface area contributed by atoms with Crippen LogP contribution in [0.3, 0.4) is 0 Å². The van der Waals surface area contributed by atoms with Crippen molar-refractivity contribution in [2.75, 3.05) is 13.1 Å². The van der Waals surface area contributed by atoms with Crippen LogP contribution in [0.1, 0.15) is 35.7 Å². The molecule has 138 valence electrons. The van der Waals surface area contributed by atoms with Crippen molar-refractivity contribution in [2.24, 2.45) is 5.92 Å². The first kappa shape index (κ1) is 17.6. The maximum atomic E-state index is 12.7. The number of carbonyl (C=O) groups is 1. The minimum absolute atomic E-state index is 0.0227. The van der Waals surface area contributed by atoms with Crippen LogP contribution in [0.15, 0.2) is 48.5 Å². The Balaban J connectivity index is 1.39. The fraction of sp³-hybridized carbons (Fsp3) is 0.364. The number of hydrogen-bond donors (Lipinski definition) is 1. The first-order chi connectivity index (χ1) is 13.1. The van der Waals surface area contributed by atoms with Gasteiger partial charge in [-0.25, -0.2) is 0 Å². The molecule has 3 saturated heterocycles. The molecule has 1 amide bonds. The highest BCUT2D eigenvalue weighted by atomic mass is 16.5. The number of amides is 1. The highest BCUT2D eigenvalue weighted by Crippen LogP contribution is 2.32. The van der Waals surface area contributed by atoms with E-state index in [1.165, 1.54) is 12.8 Å². The van der Waals surface area contributed by atoms with Crippen LogP contribution in [-0.4, -0.2) is 36.0 Å². The highest BCUT2D eigenvalue weighted by molar-refractivity contribution is 5.94. The Bertz CT molecular complexity index is 845. The molecule has 2 atom stereocenters. The number of benzene rings is 2. The second-order valence-electron chi connectivity index (χ2n) is 7.38. The summed E-state index contributed by atoms with van der Waals surface area (Å²) in [5.74, 6) is 1.89. The Kier molecular flexibility index (Phi) is 4.83. The van der Waals surface area contributed by atoms with E-state index in [9.17, 15) is 4.79 Å². The first-order valence-corrected chi connectivity index (χ1v) is 9.47. The summed E-state index contributed by atoms with van der Waals surface area (Å²) in [6.07, 6.45) is 2.35. The lowest BCUT2D eigenvalue weighted by Crippen LogP contribution is -2.62. The largest absolute Gasteiger partial charge is 0.457 e. The number of ether oxygens (including phenoxy) is 1. The topological polar surface area (TPSA) is 65.4 Å². The SMILES string of the molecule is C[C@@H]1C(NC(=O)c2ccc(Oc3ccc(C#N)cc3)cc2)C2CCN1CC2. The lowest BCUT2D eigenvalue weighted by atomic mass is 9.79. The third kappa shape index (κ3) is 3.67. The lowest BCUT2D eigenvalue weighted by Gasteiger charge is -2.49. The third-order valence-electron chi connectivity index (χ3n) is 5.81. The van der Waals surface area contributed by atoms with Gasteiger partial charge < -0.3 is 10.1 Å². The molecule has 5 rings (SSSR count). The summed E-state index contributed by atoms with van der Waals surface area (Å²) in [4.78, 5) is 15.1. The van der Waals surface area contributed by atoms with E-state index in [2.05, 4.69) is 23.2 Å². The van der Waals surface area contributed by atoms with Gasteiger partial charge in [-0.2, -0.15) is 5.26 Å². The van der Waals surface area contributed by atoms with Crippen molar-refractivity contribution in [2.45, 2.75) is 31.8 Å². The van der Waals surface area contributed by atoms with Gasteiger partial charge >= 0.3 is 0 Å². The second-order valence-corrected chi connectivity index (χ2v) is 7.38. The number of fused-ring (bicyclic) bond motifs is 3. The minimum Gasteiger partial charge on any atom is -0.457 e. The molecule has 27 heavy (non-hydrogen) atoms. The summed E-state index contributed by atoms with van der Waals surface area (Å²) in [6.45, 7) is 4.52. The van der Waals surface area contributed by atoms with Crippen LogP contribution in [0.2, 0.25) is 0 Å². The van der Waals surface area contributed by atoms with Crippen molar-refractivity contribution < 1.29 is 9.53 Å². The van der Waals surface area contributed by atoms with Crippen LogP contribution in [0.4, 0.5) is 0 Å². The molecule has 3 fully saturated rings. The Labute approximate surface area is 159 Å². The summed E-state index contributed by atoms with van der Waals surface area (Å²) >= 11 is 0. The summed E-state index contributed by atoms with van der Waals surface area (Å²) < 4.78 is 5.77. The quantitative estimate of drug-likeness (QED) is 0.904. The van der Waals surface area contributed by atoms with Crippen molar-refractivity contribution >= 4 is 5.91 Å². The standard InChI is InChI=1S/C22H23N3O2/c1-15-21(17-10-12-25(15)13-11-17)24-22(26)18-4-8-20(9-5-18)27-19-6-2-16(14-23)3-7-19/h2-9,15,17,21H,10-13H2,1H3,(H,24,26)/t15-,21?/m1/s1. The second kappa shape index (κ2) is 7.42. The summed E-state index contributed by atoms with van der Waals surface area (Å²) in [5, 5.41) is 12.1. The van der Waals surface area contributed by atoms with Gasteiger partial charge in [0.25, 0.3) is 5.91 Å². The molecule has 1 N–H and O–H groups in total. The zero-order valence-electron chi connectivity index (χ0n) is 15.4. The number of carbonyl (C=O) groups excluding carboxylic acids is 1. The molecule has 2 aromatic carbocycles. The van der Waals surface area contributed by atoms with Crippen LogP contribution < -0.4 is 10.1 Å². The van der Waals surface area contributed by atoms with Crippen LogP contribution in [0, 0.1) is 17.2 Å². The van der Waals surface area contributed by atoms with Crippen LogP contribution in [0.25, 0.3) is 0 Å². The van der Waals surface area contributed by atoms with Gasteiger partial charge in [0.05, 0.1) is 11.6 Å². The average molecular weight is 361 g/mol. The Morgan fingerprint density at radius 1 is 1.07 bits per heavy atom. The average Bonchev–Trinajstić information content (AvgIpc) is 2.72. The molecule has 2 bridgehead atoms. The molecule has 2 aromatic rings.